The summed E-state index contributed by atoms with van der Waals surface area (Å²) in [5.74, 6) is 0.127. The van der Waals surface area contributed by atoms with E-state index in [1.807, 2.05) is 13.0 Å². The molecule has 19 heavy (non-hydrogen) atoms. The lowest BCUT2D eigenvalue weighted by Gasteiger charge is -2.06. The van der Waals surface area contributed by atoms with Gasteiger partial charge in [0, 0.05) is 23.9 Å². The quantitative estimate of drug-likeness (QED) is 0.676. The second-order valence-corrected chi connectivity index (χ2v) is 3.93. The lowest BCUT2D eigenvalue weighted by atomic mass is 10.2. The maximum absolute atomic E-state index is 11.9. The van der Waals surface area contributed by atoms with E-state index in [9.17, 15) is 14.9 Å². The number of hydrogen-bond donors (Lipinski definition) is 1. The number of pyridine rings is 1. The van der Waals surface area contributed by atoms with E-state index in [4.69, 9.17) is 0 Å². The van der Waals surface area contributed by atoms with Crippen molar-refractivity contribution in [3.63, 3.8) is 0 Å². The third-order valence-corrected chi connectivity index (χ3v) is 2.58. The SMILES string of the molecule is Cc1cccnc1NC(=O)c1ccc([N+](=O)[O-])cc1. The number of nitrogens with one attached hydrogen (secondary N) is 1. The molecule has 1 aromatic heterocycles. The second-order valence-electron chi connectivity index (χ2n) is 3.93. The first-order chi connectivity index (χ1) is 9.08. The van der Waals surface area contributed by atoms with Crippen LogP contribution in [0, 0.1) is 17.0 Å². The molecule has 0 saturated carbocycles. The molecule has 6 nitrogen and oxygen atoms in total. The maximum Gasteiger partial charge on any atom is 0.269 e. The Morgan fingerprint density at radius 3 is 2.53 bits per heavy atom. The Balaban J connectivity index is 2.16. The van der Waals surface area contributed by atoms with E-state index >= 15 is 0 Å². The Morgan fingerprint density at radius 2 is 1.95 bits per heavy atom. The highest BCUT2D eigenvalue weighted by Gasteiger charge is 2.10. The number of amides is 1. The zero-order valence-electron chi connectivity index (χ0n) is 10.2. The van der Waals surface area contributed by atoms with Crippen LogP contribution >= 0.6 is 0 Å². The number of aromatic nitrogens is 1. The first-order valence-corrected chi connectivity index (χ1v) is 5.55. The van der Waals surface area contributed by atoms with Gasteiger partial charge in [0.2, 0.25) is 0 Å². The van der Waals surface area contributed by atoms with Crippen molar-refractivity contribution < 1.29 is 9.72 Å². The number of aryl methyl sites for hydroxylation is 1. The highest BCUT2D eigenvalue weighted by molar-refractivity contribution is 6.04. The highest BCUT2D eigenvalue weighted by Crippen LogP contribution is 2.14. The van der Waals surface area contributed by atoms with Crippen LogP contribution < -0.4 is 5.32 Å². The van der Waals surface area contributed by atoms with Gasteiger partial charge in [-0.15, -0.1) is 0 Å². The van der Waals surface area contributed by atoms with Crippen LogP contribution in [0.1, 0.15) is 15.9 Å². The van der Waals surface area contributed by atoms with Crippen LogP contribution in [-0.4, -0.2) is 15.8 Å². The fraction of sp³-hybridized carbons (Fsp3) is 0.0769. The summed E-state index contributed by atoms with van der Waals surface area (Å²) in [6, 6.07) is 9.01. The third-order valence-electron chi connectivity index (χ3n) is 2.58. The predicted molar refractivity (Wildman–Crippen MR) is 70.0 cm³/mol. The lowest BCUT2D eigenvalue weighted by molar-refractivity contribution is -0.384. The summed E-state index contributed by atoms with van der Waals surface area (Å²) in [7, 11) is 0. The van der Waals surface area contributed by atoms with Crippen molar-refractivity contribution in [3.8, 4) is 0 Å². The molecule has 0 aliphatic rings. The zero-order valence-corrected chi connectivity index (χ0v) is 10.2. The van der Waals surface area contributed by atoms with Crippen molar-refractivity contribution >= 4 is 17.4 Å². The third kappa shape index (κ3) is 2.92. The summed E-state index contributed by atoms with van der Waals surface area (Å²) in [5, 5.41) is 13.2. The monoisotopic (exact) mass is 257 g/mol. The van der Waals surface area contributed by atoms with Gasteiger partial charge >= 0.3 is 0 Å². The number of hydrogen-bond acceptors (Lipinski definition) is 4. The normalized spacial score (nSPS) is 9.95. The molecule has 0 aliphatic heterocycles. The molecule has 1 N–H and O–H groups in total. The van der Waals surface area contributed by atoms with Crippen LogP contribution in [0.3, 0.4) is 0 Å². The largest absolute Gasteiger partial charge is 0.306 e. The molecule has 0 bridgehead atoms. The Hall–Kier alpha value is -2.76. The number of anilines is 1. The maximum atomic E-state index is 11.9. The Labute approximate surface area is 109 Å². The zero-order chi connectivity index (χ0) is 13.8. The topological polar surface area (TPSA) is 85.1 Å². The summed E-state index contributed by atoms with van der Waals surface area (Å²) in [6.07, 6.45) is 1.58. The van der Waals surface area contributed by atoms with Crippen LogP contribution in [0.5, 0.6) is 0 Å². The average Bonchev–Trinajstić information content (AvgIpc) is 2.41. The minimum absolute atomic E-state index is 0.0504. The number of carbonyl (C=O) groups is 1. The van der Waals surface area contributed by atoms with E-state index in [1.54, 1.807) is 12.3 Å². The standard InChI is InChI=1S/C13H11N3O3/c1-9-3-2-8-14-12(9)15-13(17)10-4-6-11(7-5-10)16(18)19/h2-8H,1H3,(H,14,15,17). The van der Waals surface area contributed by atoms with Gasteiger partial charge in [-0.2, -0.15) is 0 Å². The van der Waals surface area contributed by atoms with E-state index in [0.29, 0.717) is 11.4 Å². The van der Waals surface area contributed by atoms with Gasteiger partial charge in [-0.1, -0.05) is 6.07 Å². The van der Waals surface area contributed by atoms with Crippen molar-refractivity contribution in [1.82, 2.24) is 4.98 Å². The van der Waals surface area contributed by atoms with E-state index in [2.05, 4.69) is 10.3 Å². The molecule has 0 spiro atoms. The van der Waals surface area contributed by atoms with Gasteiger partial charge in [0.15, 0.2) is 0 Å². The van der Waals surface area contributed by atoms with E-state index in [1.165, 1.54) is 24.3 Å². The summed E-state index contributed by atoms with van der Waals surface area (Å²) < 4.78 is 0. The first kappa shape index (κ1) is 12.7. The number of rotatable bonds is 3. The number of nitrogens with zero attached hydrogens (tertiary/aromatic N) is 2. The van der Waals surface area contributed by atoms with Gasteiger partial charge in [0.1, 0.15) is 5.82 Å². The van der Waals surface area contributed by atoms with Gasteiger partial charge in [-0.3, -0.25) is 14.9 Å². The summed E-state index contributed by atoms with van der Waals surface area (Å²) in [5.41, 5.74) is 1.14. The molecule has 0 aliphatic carbocycles. The fourth-order valence-electron chi connectivity index (χ4n) is 1.53. The van der Waals surface area contributed by atoms with Crippen LogP contribution in [0.2, 0.25) is 0 Å². The molecule has 1 aromatic carbocycles. The predicted octanol–water partition coefficient (Wildman–Crippen LogP) is 2.55. The smallest absolute Gasteiger partial charge is 0.269 e. The molecular formula is C13H11N3O3. The van der Waals surface area contributed by atoms with Crippen LogP contribution in [0.15, 0.2) is 42.6 Å². The number of carbonyl (C=O) groups excluding carboxylic acids is 1. The molecule has 2 rings (SSSR count). The summed E-state index contributed by atoms with van der Waals surface area (Å²) in [4.78, 5) is 26.0. The number of nitro groups is 1. The van der Waals surface area contributed by atoms with Crippen LogP contribution in [-0.2, 0) is 0 Å². The van der Waals surface area contributed by atoms with E-state index < -0.39 is 4.92 Å². The second kappa shape index (κ2) is 5.26. The van der Waals surface area contributed by atoms with E-state index in [-0.39, 0.29) is 11.6 Å². The first-order valence-electron chi connectivity index (χ1n) is 5.55. The number of nitro benzene ring substituents is 1. The van der Waals surface area contributed by atoms with Gasteiger partial charge in [0.05, 0.1) is 4.92 Å². The molecule has 0 atom stereocenters. The minimum atomic E-state index is -0.509. The van der Waals surface area contributed by atoms with Gasteiger partial charge in [-0.05, 0) is 30.7 Å². The van der Waals surface area contributed by atoms with Crippen molar-refractivity contribution in [1.29, 1.82) is 0 Å². The van der Waals surface area contributed by atoms with Crippen LogP contribution in [0.4, 0.5) is 11.5 Å². The number of benzene rings is 1. The molecule has 2 aromatic rings. The lowest BCUT2D eigenvalue weighted by Crippen LogP contribution is -2.13. The van der Waals surface area contributed by atoms with Crippen molar-refractivity contribution in [2.75, 3.05) is 5.32 Å². The Bertz CT molecular complexity index is 623. The van der Waals surface area contributed by atoms with Gasteiger partial charge < -0.3 is 5.32 Å². The minimum Gasteiger partial charge on any atom is -0.306 e. The highest BCUT2D eigenvalue weighted by atomic mass is 16.6. The summed E-state index contributed by atoms with van der Waals surface area (Å²) >= 11 is 0. The number of non-ortho nitro benzene ring substituents is 1. The van der Waals surface area contributed by atoms with Crippen molar-refractivity contribution in [2.45, 2.75) is 6.92 Å². The van der Waals surface area contributed by atoms with Crippen molar-refractivity contribution in [2.24, 2.45) is 0 Å². The summed E-state index contributed by atoms with van der Waals surface area (Å²) in [6.45, 7) is 1.83. The molecular weight excluding hydrogens is 246 g/mol. The van der Waals surface area contributed by atoms with Gasteiger partial charge in [0.25, 0.3) is 11.6 Å². The van der Waals surface area contributed by atoms with E-state index in [0.717, 1.165) is 5.56 Å². The van der Waals surface area contributed by atoms with Crippen LogP contribution in [0.25, 0.3) is 0 Å². The molecule has 1 amide bonds. The molecule has 0 radical (unpaired) electrons. The van der Waals surface area contributed by atoms with Crippen molar-refractivity contribution in [3.05, 3.63) is 63.8 Å². The molecule has 1 heterocycles. The Morgan fingerprint density at radius 1 is 1.26 bits per heavy atom. The molecule has 0 saturated heterocycles. The average molecular weight is 257 g/mol. The fourth-order valence-corrected chi connectivity index (χ4v) is 1.53. The molecule has 0 fully saturated rings. The van der Waals surface area contributed by atoms with Gasteiger partial charge in [-0.25, -0.2) is 4.98 Å². The Kier molecular flexibility index (Phi) is 3.51. The molecule has 6 heteroatoms. The molecule has 96 valence electrons. The molecule has 0 unspecified atom stereocenters.